The van der Waals surface area contributed by atoms with Crippen LogP contribution in [0.15, 0.2) is 12.1 Å². The van der Waals surface area contributed by atoms with Gasteiger partial charge in [0.25, 0.3) is 0 Å². The van der Waals surface area contributed by atoms with Crippen molar-refractivity contribution in [3.05, 3.63) is 28.3 Å². The maximum Gasteiger partial charge on any atom is 0.248 e. The number of methoxy groups -OCH3 is 1. The van der Waals surface area contributed by atoms with Gasteiger partial charge in [-0.15, -0.1) is 0 Å². The Kier molecular flexibility index (Phi) is 4.78. The second-order valence-electron chi connectivity index (χ2n) is 3.81. The van der Waals surface area contributed by atoms with E-state index in [-0.39, 0.29) is 6.54 Å². The number of carbonyl (C=O) groups is 1. The lowest BCUT2D eigenvalue weighted by Crippen LogP contribution is -2.32. The van der Waals surface area contributed by atoms with Crippen LogP contribution >= 0.6 is 11.6 Å². The zero-order valence-electron chi connectivity index (χ0n) is 10.1. The van der Waals surface area contributed by atoms with Crippen molar-refractivity contribution in [3.8, 4) is 5.75 Å². The predicted octanol–water partition coefficient (Wildman–Crippen LogP) is 1.65. The number of rotatable bonds is 4. The van der Waals surface area contributed by atoms with Crippen LogP contribution in [0.1, 0.15) is 18.1 Å². The van der Waals surface area contributed by atoms with Gasteiger partial charge in [0.2, 0.25) is 5.91 Å². The summed E-state index contributed by atoms with van der Waals surface area (Å²) in [7, 11) is 1.56. The van der Waals surface area contributed by atoms with Crippen LogP contribution in [0.2, 0.25) is 5.02 Å². The zero-order chi connectivity index (χ0) is 13.0. The number of carbonyl (C=O) groups excluding carboxylic acids is 1. The summed E-state index contributed by atoms with van der Waals surface area (Å²) in [4.78, 5) is 11.2. The van der Waals surface area contributed by atoms with Gasteiger partial charge in [0.15, 0.2) is 0 Å². The van der Waals surface area contributed by atoms with E-state index in [1.165, 1.54) is 6.92 Å². The van der Waals surface area contributed by atoms with Gasteiger partial charge < -0.3 is 15.2 Å². The van der Waals surface area contributed by atoms with E-state index in [0.717, 1.165) is 11.1 Å². The highest BCUT2D eigenvalue weighted by Gasteiger charge is 2.11. The van der Waals surface area contributed by atoms with Crippen LogP contribution in [0, 0.1) is 6.92 Å². The molecule has 0 fully saturated rings. The summed E-state index contributed by atoms with van der Waals surface area (Å²) in [5, 5.41) is 12.3. The summed E-state index contributed by atoms with van der Waals surface area (Å²) in [5.74, 6) is 0.238. The van der Waals surface area contributed by atoms with Crippen LogP contribution in [0.5, 0.6) is 5.75 Å². The predicted molar refractivity (Wildman–Crippen MR) is 66.3 cm³/mol. The average molecular weight is 258 g/mol. The van der Waals surface area contributed by atoms with E-state index in [9.17, 15) is 4.79 Å². The van der Waals surface area contributed by atoms with Crippen LogP contribution in [0.25, 0.3) is 0 Å². The van der Waals surface area contributed by atoms with Crippen LogP contribution in [0.3, 0.4) is 0 Å². The fraction of sp³-hybridized carbons (Fsp3) is 0.417. The van der Waals surface area contributed by atoms with Crippen LogP contribution in [-0.2, 0) is 11.3 Å². The maximum absolute atomic E-state index is 11.2. The number of ether oxygens (including phenoxy) is 1. The van der Waals surface area contributed by atoms with Crippen molar-refractivity contribution >= 4 is 17.5 Å². The van der Waals surface area contributed by atoms with Gasteiger partial charge in [-0.25, -0.2) is 0 Å². The lowest BCUT2D eigenvalue weighted by Gasteiger charge is -2.12. The number of aryl methyl sites for hydroxylation is 1. The second kappa shape index (κ2) is 5.89. The Bertz CT molecular complexity index is 418. The van der Waals surface area contributed by atoms with Crippen molar-refractivity contribution in [2.24, 2.45) is 0 Å². The van der Waals surface area contributed by atoms with Crippen LogP contribution in [0.4, 0.5) is 0 Å². The molecule has 0 aliphatic heterocycles. The molecule has 1 rings (SSSR count). The van der Waals surface area contributed by atoms with Crippen molar-refractivity contribution in [3.63, 3.8) is 0 Å². The topological polar surface area (TPSA) is 58.6 Å². The lowest BCUT2D eigenvalue weighted by molar-refractivity contribution is -0.128. The first-order valence-electron chi connectivity index (χ1n) is 5.24. The summed E-state index contributed by atoms with van der Waals surface area (Å²) < 4.78 is 5.20. The Labute approximate surface area is 106 Å². The molecule has 0 aliphatic carbocycles. The highest BCUT2D eigenvalue weighted by atomic mass is 35.5. The molecule has 94 valence electrons. The van der Waals surface area contributed by atoms with Gasteiger partial charge in [0, 0.05) is 17.1 Å². The molecule has 4 nitrogen and oxygen atoms in total. The molecule has 0 aliphatic rings. The summed E-state index contributed by atoms with van der Waals surface area (Å²) in [6, 6.07) is 3.56. The third-order valence-electron chi connectivity index (χ3n) is 2.39. The normalized spacial score (nSPS) is 12.1. The number of nitrogens with one attached hydrogen (secondary N) is 1. The molecule has 0 aromatic heterocycles. The fourth-order valence-corrected chi connectivity index (χ4v) is 1.54. The third kappa shape index (κ3) is 3.61. The lowest BCUT2D eigenvalue weighted by atomic mass is 10.1. The summed E-state index contributed by atoms with van der Waals surface area (Å²) in [5.41, 5.74) is 1.69. The van der Waals surface area contributed by atoms with Crippen molar-refractivity contribution in [2.75, 3.05) is 7.11 Å². The molecule has 1 aromatic carbocycles. The molecule has 0 heterocycles. The van der Waals surface area contributed by atoms with E-state index in [4.69, 9.17) is 21.4 Å². The Morgan fingerprint density at radius 3 is 2.76 bits per heavy atom. The molecule has 0 saturated carbocycles. The largest absolute Gasteiger partial charge is 0.496 e. The molecule has 2 N–H and O–H groups in total. The van der Waals surface area contributed by atoms with Gasteiger partial charge in [-0.3, -0.25) is 4.79 Å². The SMILES string of the molecule is COc1cc(C)c(Cl)cc1CNC(=O)C(C)O. The number of aliphatic hydroxyl groups is 1. The third-order valence-corrected chi connectivity index (χ3v) is 2.80. The van der Waals surface area contributed by atoms with Crippen LogP contribution in [-0.4, -0.2) is 24.2 Å². The van der Waals surface area contributed by atoms with Crippen LogP contribution < -0.4 is 10.1 Å². The molecular weight excluding hydrogens is 242 g/mol. The van der Waals surface area contributed by atoms with Gasteiger partial charge in [0.1, 0.15) is 11.9 Å². The van der Waals surface area contributed by atoms with E-state index >= 15 is 0 Å². The van der Waals surface area contributed by atoms with Gasteiger partial charge in [0.05, 0.1) is 7.11 Å². The summed E-state index contributed by atoms with van der Waals surface area (Å²) in [6.07, 6.45) is -1.03. The molecule has 1 atom stereocenters. The quantitative estimate of drug-likeness (QED) is 0.862. The summed E-state index contributed by atoms with van der Waals surface area (Å²) >= 11 is 6.00. The van der Waals surface area contributed by atoms with E-state index in [2.05, 4.69) is 5.32 Å². The molecule has 5 heteroatoms. The van der Waals surface area contributed by atoms with E-state index in [1.807, 2.05) is 13.0 Å². The highest BCUT2D eigenvalue weighted by Crippen LogP contribution is 2.26. The number of halogens is 1. The fourth-order valence-electron chi connectivity index (χ4n) is 1.35. The Hall–Kier alpha value is -1.26. The second-order valence-corrected chi connectivity index (χ2v) is 4.21. The minimum atomic E-state index is -1.03. The van der Waals surface area contributed by atoms with Crippen molar-refractivity contribution < 1.29 is 14.6 Å². The van der Waals surface area contributed by atoms with E-state index in [1.54, 1.807) is 13.2 Å². The molecular formula is C12H16ClNO3. The molecule has 1 aromatic rings. The molecule has 0 radical (unpaired) electrons. The summed E-state index contributed by atoms with van der Waals surface area (Å²) in [6.45, 7) is 3.56. The van der Waals surface area contributed by atoms with Crippen molar-refractivity contribution in [1.29, 1.82) is 0 Å². The highest BCUT2D eigenvalue weighted by molar-refractivity contribution is 6.31. The number of aliphatic hydroxyl groups excluding tert-OH is 1. The standard InChI is InChI=1S/C12H16ClNO3/c1-7-4-11(17-3)9(5-10(7)13)6-14-12(16)8(2)15/h4-5,8,15H,6H2,1-3H3,(H,14,16). The number of hydrogen-bond acceptors (Lipinski definition) is 3. The number of benzene rings is 1. The maximum atomic E-state index is 11.2. The number of hydrogen-bond donors (Lipinski definition) is 2. The minimum Gasteiger partial charge on any atom is -0.496 e. The van der Waals surface area contributed by atoms with Gasteiger partial charge in [-0.2, -0.15) is 0 Å². The Morgan fingerprint density at radius 1 is 1.59 bits per heavy atom. The first kappa shape index (κ1) is 13.8. The first-order valence-corrected chi connectivity index (χ1v) is 5.62. The zero-order valence-corrected chi connectivity index (χ0v) is 10.8. The monoisotopic (exact) mass is 257 g/mol. The van der Waals surface area contributed by atoms with Crippen molar-refractivity contribution in [1.82, 2.24) is 5.32 Å². The Balaban J connectivity index is 2.83. The van der Waals surface area contributed by atoms with E-state index < -0.39 is 12.0 Å². The molecule has 1 unspecified atom stereocenters. The molecule has 0 saturated heterocycles. The number of amides is 1. The average Bonchev–Trinajstić information content (AvgIpc) is 2.29. The van der Waals surface area contributed by atoms with E-state index in [0.29, 0.717) is 10.8 Å². The minimum absolute atomic E-state index is 0.271. The van der Waals surface area contributed by atoms with Crippen molar-refractivity contribution in [2.45, 2.75) is 26.5 Å². The van der Waals surface area contributed by atoms with Gasteiger partial charge in [-0.05, 0) is 31.5 Å². The first-order chi connectivity index (χ1) is 7.95. The van der Waals surface area contributed by atoms with Gasteiger partial charge >= 0.3 is 0 Å². The smallest absolute Gasteiger partial charge is 0.248 e. The molecule has 1 amide bonds. The Morgan fingerprint density at radius 2 is 2.24 bits per heavy atom. The molecule has 0 spiro atoms. The molecule has 0 bridgehead atoms. The molecule has 17 heavy (non-hydrogen) atoms. The van der Waals surface area contributed by atoms with Gasteiger partial charge in [-0.1, -0.05) is 11.6 Å².